The molecule has 1 aliphatic rings. The van der Waals surface area contributed by atoms with Gasteiger partial charge in [0.15, 0.2) is 5.82 Å². The third-order valence-corrected chi connectivity index (χ3v) is 6.43. The summed E-state index contributed by atoms with van der Waals surface area (Å²) in [6.07, 6.45) is -4.18. The summed E-state index contributed by atoms with van der Waals surface area (Å²) in [5, 5.41) is 7.57. The number of nitrogens with zero attached hydrogens (tertiary/aromatic N) is 3. The SMILES string of the molecule is NC(=O)OCC(NC(=O)Cn1nc(-c2ccc(Cl)cc2)n(CCC(F)(F)F)c1=O)C1=CCCC(Cl)=C1Cl. The highest BCUT2D eigenvalue weighted by Crippen LogP contribution is 2.32. The minimum atomic E-state index is -4.52. The summed E-state index contributed by atoms with van der Waals surface area (Å²) in [5.41, 5.74) is 4.83. The van der Waals surface area contributed by atoms with E-state index in [9.17, 15) is 27.6 Å². The van der Waals surface area contributed by atoms with Gasteiger partial charge in [0.1, 0.15) is 13.2 Å². The van der Waals surface area contributed by atoms with Crippen LogP contribution in [0.25, 0.3) is 11.4 Å². The number of hydrogen-bond acceptors (Lipinski definition) is 5. The van der Waals surface area contributed by atoms with E-state index in [1.807, 2.05) is 0 Å². The summed E-state index contributed by atoms with van der Waals surface area (Å²) in [4.78, 5) is 36.9. The fourth-order valence-corrected chi connectivity index (χ4v) is 4.20. The predicted molar refractivity (Wildman–Crippen MR) is 131 cm³/mol. The number of nitrogens with two attached hydrogens (primary N) is 1. The zero-order valence-electron chi connectivity index (χ0n) is 19.0. The topological polar surface area (TPSA) is 121 Å². The van der Waals surface area contributed by atoms with E-state index in [4.69, 9.17) is 45.3 Å². The molecule has 200 valence electrons. The molecule has 1 heterocycles. The first-order valence-corrected chi connectivity index (χ1v) is 12.0. The predicted octanol–water partition coefficient (Wildman–Crippen LogP) is 4.31. The van der Waals surface area contributed by atoms with E-state index in [0.717, 1.165) is 9.25 Å². The number of primary amides is 1. The van der Waals surface area contributed by atoms with Gasteiger partial charge >= 0.3 is 18.0 Å². The van der Waals surface area contributed by atoms with Gasteiger partial charge in [-0.2, -0.15) is 13.2 Å². The minimum Gasteiger partial charge on any atom is -0.447 e. The maximum absolute atomic E-state index is 12.9. The number of halogens is 6. The molecule has 3 N–H and O–H groups in total. The van der Waals surface area contributed by atoms with E-state index in [2.05, 4.69) is 10.4 Å². The maximum Gasteiger partial charge on any atom is 0.404 e. The van der Waals surface area contributed by atoms with Crippen LogP contribution in [0, 0.1) is 0 Å². The van der Waals surface area contributed by atoms with Crippen molar-refractivity contribution in [3.8, 4) is 11.4 Å². The van der Waals surface area contributed by atoms with Crippen molar-refractivity contribution in [1.82, 2.24) is 19.7 Å². The maximum atomic E-state index is 12.9. The van der Waals surface area contributed by atoms with Gasteiger partial charge in [0.2, 0.25) is 5.91 Å². The van der Waals surface area contributed by atoms with Gasteiger partial charge in [0.25, 0.3) is 0 Å². The van der Waals surface area contributed by atoms with Crippen LogP contribution in [0.2, 0.25) is 5.02 Å². The Bertz CT molecular complexity index is 1290. The van der Waals surface area contributed by atoms with Crippen LogP contribution in [0.4, 0.5) is 18.0 Å². The molecule has 1 atom stereocenters. The largest absolute Gasteiger partial charge is 0.447 e. The van der Waals surface area contributed by atoms with E-state index in [-0.39, 0.29) is 17.5 Å². The quantitative estimate of drug-likeness (QED) is 0.457. The Hall–Kier alpha value is -2.96. The Labute approximate surface area is 223 Å². The fourth-order valence-electron chi connectivity index (χ4n) is 3.55. The average molecular weight is 583 g/mol. The second-order valence-electron chi connectivity index (χ2n) is 7.95. The number of nitrogens with one attached hydrogen (secondary N) is 1. The van der Waals surface area contributed by atoms with Crippen molar-refractivity contribution in [3.63, 3.8) is 0 Å². The van der Waals surface area contributed by atoms with Gasteiger partial charge in [-0.3, -0.25) is 9.36 Å². The minimum absolute atomic E-state index is 0.0694. The van der Waals surface area contributed by atoms with Gasteiger partial charge in [-0.25, -0.2) is 14.3 Å². The molecule has 1 unspecified atom stereocenters. The second kappa shape index (κ2) is 12.1. The lowest BCUT2D eigenvalue weighted by Crippen LogP contribution is -2.44. The fraction of sp³-hybridized carbons (Fsp3) is 0.364. The van der Waals surface area contributed by atoms with E-state index in [0.29, 0.717) is 34.0 Å². The first kappa shape index (κ1) is 28.6. The van der Waals surface area contributed by atoms with Crippen LogP contribution in [0.15, 0.2) is 50.8 Å². The van der Waals surface area contributed by atoms with Crippen molar-refractivity contribution >= 4 is 46.8 Å². The molecule has 15 heteroatoms. The third kappa shape index (κ3) is 7.76. The van der Waals surface area contributed by atoms with Crippen molar-refractivity contribution in [3.05, 3.63) is 61.5 Å². The number of aromatic nitrogens is 3. The number of ether oxygens (including phenoxy) is 1. The molecule has 0 bridgehead atoms. The van der Waals surface area contributed by atoms with Gasteiger partial charge in [-0.1, -0.05) is 40.9 Å². The number of benzene rings is 1. The van der Waals surface area contributed by atoms with E-state index >= 15 is 0 Å². The lowest BCUT2D eigenvalue weighted by molar-refractivity contribution is -0.136. The van der Waals surface area contributed by atoms with Crippen molar-refractivity contribution < 1.29 is 27.5 Å². The van der Waals surface area contributed by atoms with Crippen LogP contribution in [0.1, 0.15) is 19.3 Å². The molecule has 3 rings (SSSR count). The van der Waals surface area contributed by atoms with Crippen molar-refractivity contribution in [1.29, 1.82) is 0 Å². The Morgan fingerprint density at radius 2 is 1.86 bits per heavy atom. The summed E-state index contributed by atoms with van der Waals surface area (Å²) in [5.74, 6) is -0.824. The number of carbonyl (C=O) groups excluding carboxylic acids is 2. The molecule has 0 aliphatic heterocycles. The molecule has 0 saturated carbocycles. The van der Waals surface area contributed by atoms with Gasteiger partial charge < -0.3 is 15.8 Å². The lowest BCUT2D eigenvalue weighted by Gasteiger charge is -2.24. The zero-order chi connectivity index (χ0) is 27.3. The standard InChI is InChI=1S/C22H21Cl3F3N5O4/c23-13-6-4-12(5-7-13)19-31-33(21(36)32(19)9-8-22(26,27)28)10-17(34)30-16(11-37-20(29)35)14-2-1-3-15(24)18(14)25/h2,4-7,16H,1,3,8-11H2,(H2,29,35)(H,30,34). The molecule has 1 aromatic carbocycles. The van der Waals surface area contributed by atoms with Gasteiger partial charge in [0, 0.05) is 22.2 Å². The second-order valence-corrected chi connectivity index (χ2v) is 9.23. The van der Waals surface area contributed by atoms with Crippen LogP contribution < -0.4 is 16.7 Å². The molecule has 0 spiro atoms. The van der Waals surface area contributed by atoms with Crippen LogP contribution >= 0.6 is 34.8 Å². The van der Waals surface area contributed by atoms with Crippen LogP contribution in [0.5, 0.6) is 0 Å². The van der Waals surface area contributed by atoms with E-state index in [1.54, 1.807) is 6.08 Å². The van der Waals surface area contributed by atoms with Crippen molar-refractivity contribution in [2.24, 2.45) is 5.73 Å². The average Bonchev–Trinajstić information content (AvgIpc) is 3.12. The summed E-state index contributed by atoms with van der Waals surface area (Å²) < 4.78 is 45.1. The lowest BCUT2D eigenvalue weighted by atomic mass is 10.00. The molecule has 0 saturated heterocycles. The first-order valence-electron chi connectivity index (χ1n) is 10.8. The number of alkyl halides is 3. The highest BCUT2D eigenvalue weighted by molar-refractivity contribution is 6.41. The summed E-state index contributed by atoms with van der Waals surface area (Å²) >= 11 is 18.3. The molecule has 2 aromatic rings. The third-order valence-electron chi connectivity index (χ3n) is 5.26. The van der Waals surface area contributed by atoms with Gasteiger partial charge in [-0.05, 0) is 42.7 Å². The molecular formula is C22H21Cl3F3N5O4. The summed E-state index contributed by atoms with van der Waals surface area (Å²) in [6.45, 7) is -1.73. The van der Waals surface area contributed by atoms with E-state index < -0.39 is 49.4 Å². The monoisotopic (exact) mass is 581 g/mol. The molecule has 0 fully saturated rings. The zero-order valence-corrected chi connectivity index (χ0v) is 21.3. The summed E-state index contributed by atoms with van der Waals surface area (Å²) in [7, 11) is 0. The van der Waals surface area contributed by atoms with Crippen molar-refractivity contribution in [2.45, 2.75) is 44.6 Å². The number of amides is 2. The van der Waals surface area contributed by atoms with Crippen LogP contribution in [-0.2, 0) is 22.6 Å². The number of hydrogen-bond donors (Lipinski definition) is 2. The van der Waals surface area contributed by atoms with Crippen LogP contribution in [-0.4, -0.2) is 45.2 Å². The number of rotatable bonds is 9. The Morgan fingerprint density at radius 1 is 1.19 bits per heavy atom. The summed E-state index contributed by atoms with van der Waals surface area (Å²) in [6, 6.07) is 5.00. The van der Waals surface area contributed by atoms with Gasteiger partial charge in [0.05, 0.1) is 17.5 Å². The highest BCUT2D eigenvalue weighted by Gasteiger charge is 2.29. The first-order chi connectivity index (χ1) is 17.4. The molecular weight excluding hydrogens is 562 g/mol. The highest BCUT2D eigenvalue weighted by atomic mass is 35.5. The Morgan fingerprint density at radius 3 is 2.49 bits per heavy atom. The normalized spacial score (nSPS) is 14.8. The molecule has 2 amide bonds. The molecule has 9 nitrogen and oxygen atoms in total. The molecule has 1 aromatic heterocycles. The molecule has 0 radical (unpaired) electrons. The van der Waals surface area contributed by atoms with Crippen molar-refractivity contribution in [2.75, 3.05) is 6.61 Å². The number of carbonyl (C=O) groups is 2. The molecule has 37 heavy (non-hydrogen) atoms. The number of allylic oxidation sites excluding steroid dienone is 2. The smallest absolute Gasteiger partial charge is 0.404 e. The Balaban J connectivity index is 1.88. The molecule has 1 aliphatic carbocycles. The van der Waals surface area contributed by atoms with Crippen LogP contribution in [0.3, 0.4) is 0 Å². The Kier molecular flexibility index (Phi) is 9.32. The van der Waals surface area contributed by atoms with E-state index in [1.165, 1.54) is 24.3 Å². The van der Waals surface area contributed by atoms with Gasteiger partial charge in [-0.15, -0.1) is 5.10 Å².